The van der Waals surface area contributed by atoms with Crippen LogP contribution in [0.15, 0.2) is 0 Å². The van der Waals surface area contributed by atoms with Gasteiger partial charge in [0.05, 0.1) is 0 Å². The van der Waals surface area contributed by atoms with Gasteiger partial charge in [0, 0.05) is 128 Å². The van der Waals surface area contributed by atoms with E-state index in [0.29, 0.717) is 0 Å². The molecule has 35 valence electrons. The average Bonchev–Trinajstić information content (AvgIpc) is 0. The van der Waals surface area contributed by atoms with Crippen molar-refractivity contribution in [3.8, 4) is 0 Å². The van der Waals surface area contributed by atoms with Crippen LogP contribution in [0.2, 0.25) is 0 Å². The Hall–Kier alpha value is 4.19. The smallest absolute Gasteiger partial charge is 0 e. The van der Waals surface area contributed by atoms with Crippen molar-refractivity contribution in [3.05, 3.63) is 0 Å². The quantitative estimate of drug-likeness (QED) is 0.392. The molecular formula is Nb5Ni. The van der Waals surface area contributed by atoms with E-state index in [9.17, 15) is 0 Å². The predicted molar refractivity (Wildman–Crippen MR) is 0 cm³/mol. The van der Waals surface area contributed by atoms with Gasteiger partial charge in [0.15, 0.2) is 0 Å². The molecule has 5 radical (unpaired) electrons. The Morgan fingerprint density at radius 1 is 0.333 bits per heavy atom. The summed E-state index contributed by atoms with van der Waals surface area (Å²) in [6.45, 7) is 0. The molecule has 0 N–H and O–H groups in total. The normalized spacial score (nSPS) is 0. The van der Waals surface area contributed by atoms with Crippen molar-refractivity contribution in [3.63, 3.8) is 0 Å². The number of hydrogen-bond acceptors (Lipinski definition) is 0. The summed E-state index contributed by atoms with van der Waals surface area (Å²) in [6, 6.07) is 0. The molecule has 0 atom stereocenters. The van der Waals surface area contributed by atoms with Crippen LogP contribution >= 0.6 is 0 Å². The van der Waals surface area contributed by atoms with Crippen molar-refractivity contribution < 1.29 is 128 Å². The Balaban J connectivity index is 0. The van der Waals surface area contributed by atoms with Crippen molar-refractivity contribution in [1.29, 1.82) is 0 Å². The maximum atomic E-state index is 0. The molecule has 0 saturated heterocycles. The van der Waals surface area contributed by atoms with Crippen LogP contribution in [0, 0.1) is 0 Å². The van der Waals surface area contributed by atoms with Gasteiger partial charge < -0.3 is 0 Å². The van der Waals surface area contributed by atoms with Crippen LogP contribution in [-0.4, -0.2) is 0 Å². The monoisotopic (exact) mass is 522 g/mol. The summed E-state index contributed by atoms with van der Waals surface area (Å²) in [6.07, 6.45) is 0. The van der Waals surface area contributed by atoms with Gasteiger partial charge in [-0.05, 0) is 0 Å². The first-order valence-electron chi connectivity index (χ1n) is 0. The average molecular weight is 523 g/mol. The van der Waals surface area contributed by atoms with Crippen LogP contribution < -0.4 is 0 Å². The van der Waals surface area contributed by atoms with Crippen molar-refractivity contribution >= 4 is 0 Å². The molecule has 0 spiro atoms. The summed E-state index contributed by atoms with van der Waals surface area (Å²) in [5.74, 6) is 0. The Morgan fingerprint density at radius 3 is 0.333 bits per heavy atom. The molecule has 0 aliphatic rings. The summed E-state index contributed by atoms with van der Waals surface area (Å²) < 4.78 is 0. The van der Waals surface area contributed by atoms with Crippen LogP contribution in [0.25, 0.3) is 0 Å². The van der Waals surface area contributed by atoms with Gasteiger partial charge in [0.1, 0.15) is 0 Å². The third-order valence-electron chi connectivity index (χ3n) is 0. The van der Waals surface area contributed by atoms with Crippen molar-refractivity contribution in [1.82, 2.24) is 0 Å². The Labute approximate surface area is 126 Å². The molecule has 0 amide bonds. The second-order valence-electron chi connectivity index (χ2n) is 0. The Bertz CT molecular complexity index is 3.90. The molecule has 6 heteroatoms. The summed E-state index contributed by atoms with van der Waals surface area (Å²) in [5.41, 5.74) is 0. The fourth-order valence-corrected chi connectivity index (χ4v) is 0. The van der Waals surface area contributed by atoms with Crippen molar-refractivity contribution in [2.45, 2.75) is 0 Å². The molecular weight excluding hydrogens is 523 g/mol. The van der Waals surface area contributed by atoms with Gasteiger partial charge in [-0.2, -0.15) is 0 Å². The predicted octanol–water partition coefficient (Wildman–Crippen LogP) is -0.0150. The van der Waals surface area contributed by atoms with E-state index in [1.165, 1.54) is 0 Å². The van der Waals surface area contributed by atoms with E-state index in [1.807, 2.05) is 0 Å². The number of hydrogen-bond donors (Lipinski definition) is 0. The second kappa shape index (κ2) is 35.1. The molecule has 6 heavy (non-hydrogen) atoms. The minimum absolute atomic E-state index is 0. The molecule has 0 nitrogen and oxygen atoms in total. The van der Waals surface area contributed by atoms with E-state index in [4.69, 9.17) is 0 Å². The third kappa shape index (κ3) is 24.1. The molecule has 0 rings (SSSR count). The summed E-state index contributed by atoms with van der Waals surface area (Å²) in [5, 5.41) is 0. The van der Waals surface area contributed by atoms with Gasteiger partial charge in [0.2, 0.25) is 0 Å². The fourth-order valence-electron chi connectivity index (χ4n) is 0. The van der Waals surface area contributed by atoms with E-state index in [2.05, 4.69) is 0 Å². The van der Waals surface area contributed by atoms with E-state index < -0.39 is 0 Å². The molecule has 0 aliphatic heterocycles. The fraction of sp³-hybridized carbons (Fsp3) is 0. The molecule has 0 unspecified atom stereocenters. The van der Waals surface area contributed by atoms with E-state index in [0.717, 1.165) is 0 Å². The topological polar surface area (TPSA) is 0 Å². The Morgan fingerprint density at radius 2 is 0.333 bits per heavy atom. The van der Waals surface area contributed by atoms with Gasteiger partial charge in [-0.15, -0.1) is 0 Å². The standard InChI is InChI=1S/5Nb.Ni. The molecule has 0 aliphatic carbocycles. The van der Waals surface area contributed by atoms with Gasteiger partial charge in [0.25, 0.3) is 0 Å². The van der Waals surface area contributed by atoms with Crippen LogP contribution in [-0.2, 0) is 128 Å². The molecule has 0 heterocycles. The molecule has 0 bridgehead atoms. The summed E-state index contributed by atoms with van der Waals surface area (Å²) >= 11 is 0. The maximum absolute atomic E-state index is 0. The zero-order valence-electron chi connectivity index (χ0n) is 2.55. The van der Waals surface area contributed by atoms with E-state index in [1.54, 1.807) is 0 Å². The number of rotatable bonds is 0. The summed E-state index contributed by atoms with van der Waals surface area (Å²) in [7, 11) is 0. The molecule has 0 aromatic heterocycles. The molecule has 0 saturated carbocycles. The van der Waals surface area contributed by atoms with Gasteiger partial charge >= 0.3 is 0 Å². The minimum atomic E-state index is 0. The van der Waals surface area contributed by atoms with Gasteiger partial charge in [-0.3, -0.25) is 0 Å². The van der Waals surface area contributed by atoms with Crippen LogP contribution in [0.5, 0.6) is 0 Å². The molecule has 0 aromatic carbocycles. The van der Waals surface area contributed by atoms with Crippen molar-refractivity contribution in [2.75, 3.05) is 0 Å². The first-order chi connectivity index (χ1) is 0. The van der Waals surface area contributed by atoms with Crippen LogP contribution in [0.1, 0.15) is 0 Å². The minimum Gasteiger partial charge on any atom is 0 e. The zero-order chi connectivity index (χ0) is 0. The van der Waals surface area contributed by atoms with Crippen LogP contribution in [0.3, 0.4) is 0 Å². The van der Waals surface area contributed by atoms with Crippen molar-refractivity contribution in [2.24, 2.45) is 0 Å². The zero-order valence-corrected chi connectivity index (χ0v) is 14.5. The Kier molecular flexibility index (Phi) is 286. The molecule has 0 fully saturated rings. The maximum Gasteiger partial charge on any atom is 0 e. The van der Waals surface area contributed by atoms with E-state index in [-0.39, 0.29) is 128 Å². The summed E-state index contributed by atoms with van der Waals surface area (Å²) in [4.78, 5) is 0. The third-order valence-corrected chi connectivity index (χ3v) is 0. The second-order valence-corrected chi connectivity index (χ2v) is 0. The molecule has 0 aromatic rings. The van der Waals surface area contributed by atoms with Gasteiger partial charge in [-0.25, -0.2) is 0 Å². The first-order valence-corrected chi connectivity index (χ1v) is 0. The van der Waals surface area contributed by atoms with Crippen LogP contribution in [0.4, 0.5) is 0 Å². The first kappa shape index (κ1) is 49.0. The van der Waals surface area contributed by atoms with Gasteiger partial charge in [-0.1, -0.05) is 0 Å². The largest absolute Gasteiger partial charge is 0 e. The SMILES string of the molecule is [Nb].[Nb].[Nb].[Nb].[Nb].[Ni]. The van der Waals surface area contributed by atoms with E-state index >= 15 is 0 Å².